The van der Waals surface area contributed by atoms with E-state index < -0.39 is 0 Å². The van der Waals surface area contributed by atoms with Crippen molar-refractivity contribution in [2.45, 2.75) is 0 Å². The Morgan fingerprint density at radius 2 is 1.78 bits per heavy atom. The topological polar surface area (TPSA) is 102 Å². The van der Waals surface area contributed by atoms with Crippen LogP contribution in [0, 0.1) is 0 Å². The number of nitrogens with one attached hydrogen (secondary N) is 2. The Bertz CT molecular complexity index is 1610. The third kappa shape index (κ3) is 4.74. The van der Waals surface area contributed by atoms with E-state index in [1.807, 2.05) is 36.4 Å². The second kappa shape index (κ2) is 10.2. The molecule has 0 amide bonds. The molecule has 0 radical (unpaired) electrons. The zero-order chi connectivity index (χ0) is 25.2. The van der Waals surface area contributed by atoms with Gasteiger partial charge in [0.05, 0.1) is 23.9 Å². The second-order valence-electron chi connectivity index (χ2n) is 8.70. The molecule has 1 aliphatic rings. The first-order chi connectivity index (χ1) is 18.2. The Morgan fingerprint density at radius 1 is 1.00 bits per heavy atom. The molecule has 1 aliphatic heterocycles. The summed E-state index contributed by atoms with van der Waals surface area (Å²) in [5, 5.41) is 7.49. The van der Waals surface area contributed by atoms with Crippen LogP contribution in [0.1, 0.15) is 0 Å². The summed E-state index contributed by atoms with van der Waals surface area (Å²) < 4.78 is 8.63. The molecular formula is C26H25ClN8O2. The molecular weight excluding hydrogens is 492 g/mol. The number of hydrogen-bond donors (Lipinski definition) is 2. The minimum absolute atomic E-state index is 0.291. The number of benzene rings is 2. The molecule has 2 aromatic carbocycles. The highest BCUT2D eigenvalue weighted by Gasteiger charge is 2.17. The summed E-state index contributed by atoms with van der Waals surface area (Å²) in [6.45, 7) is 5.43. The maximum absolute atomic E-state index is 13.4. The summed E-state index contributed by atoms with van der Waals surface area (Å²) in [4.78, 5) is 29.2. The Labute approximate surface area is 217 Å². The molecule has 1 saturated heterocycles. The van der Waals surface area contributed by atoms with Gasteiger partial charge in [-0.15, -0.1) is 0 Å². The highest BCUT2D eigenvalue weighted by Crippen LogP contribution is 2.23. The lowest BCUT2D eigenvalue weighted by Gasteiger charge is -2.26. The van der Waals surface area contributed by atoms with Crippen molar-refractivity contribution in [3.63, 3.8) is 0 Å². The van der Waals surface area contributed by atoms with Gasteiger partial charge in [0, 0.05) is 56.1 Å². The number of aromatic nitrogens is 5. The van der Waals surface area contributed by atoms with E-state index in [4.69, 9.17) is 16.3 Å². The van der Waals surface area contributed by atoms with Crippen molar-refractivity contribution < 1.29 is 4.74 Å². The minimum atomic E-state index is -0.291. The van der Waals surface area contributed by atoms with Crippen LogP contribution in [0.25, 0.3) is 22.5 Å². The zero-order valence-electron chi connectivity index (χ0n) is 20.0. The summed E-state index contributed by atoms with van der Waals surface area (Å²) >= 11 is 6.39. The number of imidazole rings is 1. The Hall–Kier alpha value is -3.99. The highest BCUT2D eigenvalue weighted by atomic mass is 35.5. The predicted octanol–water partition coefficient (Wildman–Crippen LogP) is 3.57. The van der Waals surface area contributed by atoms with Crippen molar-refractivity contribution in [2.24, 2.45) is 0 Å². The van der Waals surface area contributed by atoms with Crippen molar-refractivity contribution in [3.05, 3.63) is 82.5 Å². The van der Waals surface area contributed by atoms with Crippen LogP contribution in [0.3, 0.4) is 0 Å². The summed E-state index contributed by atoms with van der Waals surface area (Å²) in [6, 6.07) is 15.1. The van der Waals surface area contributed by atoms with E-state index in [2.05, 4.69) is 30.5 Å². The number of anilines is 3. The number of para-hydroxylation sites is 1. The second-order valence-corrected chi connectivity index (χ2v) is 9.11. The van der Waals surface area contributed by atoms with Gasteiger partial charge in [-0.1, -0.05) is 23.7 Å². The molecule has 0 unspecified atom stereocenters. The van der Waals surface area contributed by atoms with Gasteiger partial charge < -0.3 is 15.4 Å². The lowest BCUT2D eigenvalue weighted by molar-refractivity contribution is 0.0398. The van der Waals surface area contributed by atoms with Gasteiger partial charge in [-0.2, -0.15) is 4.98 Å². The fraction of sp³-hybridized carbons (Fsp3) is 0.231. The van der Waals surface area contributed by atoms with E-state index in [0.29, 0.717) is 33.5 Å². The van der Waals surface area contributed by atoms with E-state index in [1.54, 1.807) is 28.9 Å². The van der Waals surface area contributed by atoms with Gasteiger partial charge in [-0.3, -0.25) is 14.1 Å². The molecule has 0 spiro atoms. The fourth-order valence-corrected chi connectivity index (χ4v) is 4.66. The highest BCUT2D eigenvalue weighted by molar-refractivity contribution is 6.32. The minimum Gasteiger partial charge on any atom is -0.384 e. The summed E-state index contributed by atoms with van der Waals surface area (Å²) in [6.07, 6.45) is 4.92. The molecule has 11 heteroatoms. The number of halogens is 1. The average molecular weight is 517 g/mol. The van der Waals surface area contributed by atoms with Crippen molar-refractivity contribution in [1.82, 2.24) is 28.8 Å². The summed E-state index contributed by atoms with van der Waals surface area (Å²) in [7, 11) is 0. The van der Waals surface area contributed by atoms with Gasteiger partial charge in [0.15, 0.2) is 5.65 Å². The van der Waals surface area contributed by atoms with E-state index in [1.165, 1.54) is 10.8 Å². The number of rotatable bonds is 7. The molecule has 0 bridgehead atoms. The van der Waals surface area contributed by atoms with Crippen LogP contribution in [0.2, 0.25) is 5.02 Å². The predicted molar refractivity (Wildman–Crippen MR) is 144 cm³/mol. The monoisotopic (exact) mass is 516 g/mol. The fourth-order valence-electron chi connectivity index (χ4n) is 4.44. The van der Waals surface area contributed by atoms with Crippen LogP contribution >= 0.6 is 11.6 Å². The number of fused-ring (bicyclic) bond motifs is 3. The van der Waals surface area contributed by atoms with Gasteiger partial charge in [0.1, 0.15) is 5.39 Å². The number of morpholine rings is 1. The molecule has 188 valence electrons. The average Bonchev–Trinajstić information content (AvgIpc) is 3.41. The van der Waals surface area contributed by atoms with Gasteiger partial charge in [-0.05, 0) is 36.4 Å². The van der Waals surface area contributed by atoms with Crippen molar-refractivity contribution in [3.8, 4) is 5.69 Å². The first-order valence-corrected chi connectivity index (χ1v) is 12.5. The third-order valence-electron chi connectivity index (χ3n) is 6.35. The van der Waals surface area contributed by atoms with Crippen molar-refractivity contribution >= 4 is 45.7 Å². The Morgan fingerprint density at radius 3 is 2.59 bits per heavy atom. The quantitative estimate of drug-likeness (QED) is 0.338. The first kappa shape index (κ1) is 23.4. The number of ether oxygens (including phenoxy) is 1. The molecule has 10 nitrogen and oxygen atoms in total. The van der Waals surface area contributed by atoms with Gasteiger partial charge in [0.2, 0.25) is 11.7 Å². The van der Waals surface area contributed by atoms with E-state index in [-0.39, 0.29) is 5.56 Å². The van der Waals surface area contributed by atoms with Crippen LogP contribution in [-0.4, -0.2) is 68.2 Å². The number of hydrogen-bond acceptors (Lipinski definition) is 8. The van der Waals surface area contributed by atoms with E-state index in [0.717, 1.165) is 50.8 Å². The maximum atomic E-state index is 13.4. The van der Waals surface area contributed by atoms with Crippen LogP contribution in [0.4, 0.5) is 17.3 Å². The Kier molecular flexibility index (Phi) is 6.44. The normalized spacial score (nSPS) is 14.3. The van der Waals surface area contributed by atoms with Gasteiger partial charge >= 0.3 is 0 Å². The van der Waals surface area contributed by atoms with Crippen molar-refractivity contribution in [1.29, 1.82) is 0 Å². The molecule has 0 saturated carbocycles. The third-order valence-corrected chi connectivity index (χ3v) is 6.67. The molecule has 4 heterocycles. The molecule has 37 heavy (non-hydrogen) atoms. The zero-order valence-corrected chi connectivity index (χ0v) is 20.7. The van der Waals surface area contributed by atoms with Crippen LogP contribution < -0.4 is 16.2 Å². The van der Waals surface area contributed by atoms with Gasteiger partial charge in [0.25, 0.3) is 5.56 Å². The van der Waals surface area contributed by atoms with Crippen LogP contribution in [0.15, 0.2) is 71.9 Å². The molecule has 0 atom stereocenters. The van der Waals surface area contributed by atoms with Crippen LogP contribution in [0.5, 0.6) is 0 Å². The first-order valence-electron chi connectivity index (χ1n) is 12.1. The van der Waals surface area contributed by atoms with Crippen molar-refractivity contribution in [2.75, 3.05) is 50.0 Å². The van der Waals surface area contributed by atoms with Gasteiger partial charge in [-0.25, -0.2) is 14.5 Å². The lowest BCUT2D eigenvalue weighted by Crippen LogP contribution is -2.38. The summed E-state index contributed by atoms with van der Waals surface area (Å²) in [5.41, 5.74) is 2.59. The molecule has 1 fully saturated rings. The molecule has 6 rings (SSSR count). The molecule has 5 aromatic rings. The lowest BCUT2D eigenvalue weighted by atomic mass is 10.2. The molecule has 2 N–H and O–H groups in total. The largest absolute Gasteiger partial charge is 0.384 e. The molecule has 3 aromatic heterocycles. The molecule has 0 aliphatic carbocycles. The Balaban J connectivity index is 1.23. The standard InChI is InChI=1S/C26H25ClN8O2/c27-21-3-1-2-4-22(21)35-24(36)20-17-30-25(32-23(20)34-12-10-29-26(34)35)31-19-7-5-18(6-8-19)28-9-11-33-13-15-37-16-14-33/h1-8,10,12,17,28H,9,11,13-16H2,(H,30,31,32). The maximum Gasteiger partial charge on any atom is 0.270 e. The van der Waals surface area contributed by atoms with Crippen LogP contribution in [-0.2, 0) is 4.74 Å². The summed E-state index contributed by atoms with van der Waals surface area (Å²) in [5.74, 6) is 0.799. The number of nitrogens with zero attached hydrogens (tertiary/aromatic N) is 6. The smallest absolute Gasteiger partial charge is 0.270 e. The SMILES string of the molecule is O=c1c2cnc(Nc3ccc(NCCN4CCOCC4)cc3)nc2n2ccnc2n1-c1ccccc1Cl. The van der Waals surface area contributed by atoms with E-state index in [9.17, 15) is 4.79 Å². The van der Waals surface area contributed by atoms with E-state index >= 15 is 0 Å².